The van der Waals surface area contributed by atoms with Crippen LogP contribution in [0.3, 0.4) is 0 Å². The second-order valence-electron chi connectivity index (χ2n) is 21.3. The van der Waals surface area contributed by atoms with Crippen LogP contribution in [0.25, 0.3) is 93.9 Å². The average Bonchev–Trinajstić information content (AvgIpc) is 4.37. The highest BCUT2D eigenvalue weighted by molar-refractivity contribution is 6.13. The first-order valence-electron chi connectivity index (χ1n) is 26.8. The minimum absolute atomic E-state index is 0.489. The summed E-state index contributed by atoms with van der Waals surface area (Å²) < 4.78 is 9.14. The number of hydrogen-bond acceptors (Lipinski definition) is 2. The Morgan fingerprint density at radius 1 is 0.325 bits per heavy atom. The summed E-state index contributed by atoms with van der Waals surface area (Å²) in [6.07, 6.45) is 0. The first kappa shape index (κ1) is 41.4. The molecule has 4 aliphatic rings. The highest BCUT2D eigenvalue weighted by Gasteiger charge is 2.53. The first-order valence-corrected chi connectivity index (χ1v) is 26.8. The van der Waals surface area contributed by atoms with Gasteiger partial charge in [-0.05, 0) is 126 Å². The van der Waals surface area contributed by atoms with E-state index < -0.39 is 10.8 Å². The minimum Gasteiger partial charge on any atom is -0.455 e. The van der Waals surface area contributed by atoms with Crippen LogP contribution in [0.15, 0.2) is 271 Å². The van der Waals surface area contributed by atoms with Crippen LogP contribution in [0.5, 0.6) is 0 Å². The zero-order valence-corrected chi connectivity index (χ0v) is 41.7. The van der Waals surface area contributed by atoms with E-state index in [1.807, 2.05) is 6.07 Å². The van der Waals surface area contributed by atoms with Crippen LogP contribution in [0, 0.1) is 0 Å². The molecule has 1 atom stereocenters. The van der Waals surface area contributed by atoms with Crippen LogP contribution in [-0.4, -0.2) is 4.57 Å². The van der Waals surface area contributed by atoms with E-state index in [0.29, 0.717) is 0 Å². The van der Waals surface area contributed by atoms with E-state index in [4.69, 9.17) is 4.42 Å². The Morgan fingerprint density at radius 2 is 0.831 bits per heavy atom. The predicted molar refractivity (Wildman–Crippen MR) is 315 cm³/mol. The second kappa shape index (κ2) is 14.9. The molecule has 0 fully saturated rings. The molecule has 3 aliphatic carbocycles. The highest BCUT2D eigenvalue weighted by Crippen LogP contribution is 2.66. The molecule has 3 heteroatoms. The van der Waals surface area contributed by atoms with Gasteiger partial charge in [0, 0.05) is 44.0 Å². The molecule has 1 unspecified atom stereocenters. The standard InChI is InChI=1S/C74H44N2O/c1-7-27-58-49(18-1)50-19-2-8-28-59(50)73(58)61-30-10-4-23-56(61)70-64(73)32-17-36-68(70)75(46-40-38-45(39-41-46)48-24-15-26-55-53-22-6-14-37-69(53)77-72(48)55)47-42-43-62-57(44-47)51-20-3-9-29-60(51)74(62)63-31-11-13-35-67(63)76-66-34-12-5-21-52(66)54-25-16-33-65(74)71(54)76/h1-44H. The van der Waals surface area contributed by atoms with Gasteiger partial charge in [0.1, 0.15) is 11.2 Å². The molecule has 12 aromatic carbocycles. The number of furan rings is 1. The molecule has 14 aromatic rings. The molecule has 3 heterocycles. The second-order valence-corrected chi connectivity index (χ2v) is 21.3. The Balaban J connectivity index is 0.901. The van der Waals surface area contributed by atoms with Gasteiger partial charge in [-0.2, -0.15) is 0 Å². The van der Waals surface area contributed by atoms with Gasteiger partial charge in [-0.1, -0.05) is 218 Å². The summed E-state index contributed by atoms with van der Waals surface area (Å²) in [5.74, 6) is 0. The summed E-state index contributed by atoms with van der Waals surface area (Å²) in [7, 11) is 0. The van der Waals surface area contributed by atoms with Crippen molar-refractivity contribution in [1.29, 1.82) is 0 Å². The van der Waals surface area contributed by atoms with E-state index in [1.165, 1.54) is 105 Å². The van der Waals surface area contributed by atoms with Crippen molar-refractivity contribution in [2.24, 2.45) is 0 Å². The van der Waals surface area contributed by atoms with Crippen molar-refractivity contribution in [2.75, 3.05) is 4.90 Å². The van der Waals surface area contributed by atoms with Crippen molar-refractivity contribution >= 4 is 60.8 Å². The summed E-state index contributed by atoms with van der Waals surface area (Å²) in [5, 5.41) is 4.81. The third-order valence-corrected chi connectivity index (χ3v) is 18.0. The Morgan fingerprint density at radius 3 is 1.60 bits per heavy atom. The normalized spacial score (nSPS) is 15.4. The maximum atomic E-state index is 6.62. The van der Waals surface area contributed by atoms with E-state index in [2.05, 4.69) is 270 Å². The lowest BCUT2D eigenvalue weighted by Gasteiger charge is -2.39. The maximum absolute atomic E-state index is 6.62. The Hall–Kier alpha value is -9.96. The number of hydrogen-bond donors (Lipinski definition) is 0. The van der Waals surface area contributed by atoms with Crippen LogP contribution < -0.4 is 4.90 Å². The van der Waals surface area contributed by atoms with Crippen molar-refractivity contribution < 1.29 is 4.42 Å². The molecule has 0 amide bonds. The lowest BCUT2D eigenvalue weighted by atomic mass is 9.65. The van der Waals surface area contributed by atoms with Crippen molar-refractivity contribution in [1.82, 2.24) is 4.57 Å². The van der Waals surface area contributed by atoms with E-state index >= 15 is 0 Å². The summed E-state index contributed by atoms with van der Waals surface area (Å²) in [6.45, 7) is 0. The SMILES string of the molecule is c1ccc2c(c1)-c1ccccc1C21c2ccccc2-c2c(N(c3ccc(-c4cccc5c4oc4ccccc45)cc3)c3ccc4c(c3)-c3ccccc3C43c4ccccc4-n4c5ccccc5c5cccc3c54)cccc21. The van der Waals surface area contributed by atoms with Gasteiger partial charge in [0.05, 0.1) is 33.2 Å². The van der Waals surface area contributed by atoms with Gasteiger partial charge in [-0.15, -0.1) is 0 Å². The number of rotatable bonds is 4. The average molecular weight is 977 g/mol. The topological polar surface area (TPSA) is 21.3 Å². The predicted octanol–water partition coefficient (Wildman–Crippen LogP) is 18.8. The first-order chi connectivity index (χ1) is 38.2. The third kappa shape index (κ3) is 5.03. The van der Waals surface area contributed by atoms with Gasteiger partial charge in [0.15, 0.2) is 0 Å². The summed E-state index contributed by atoms with van der Waals surface area (Å²) >= 11 is 0. The van der Waals surface area contributed by atoms with E-state index in [-0.39, 0.29) is 0 Å². The molecule has 1 aliphatic heterocycles. The minimum atomic E-state index is -0.558. The third-order valence-electron chi connectivity index (χ3n) is 18.0. The van der Waals surface area contributed by atoms with Gasteiger partial charge >= 0.3 is 0 Å². The van der Waals surface area contributed by atoms with Gasteiger partial charge in [-0.25, -0.2) is 0 Å². The molecule has 18 rings (SSSR count). The monoisotopic (exact) mass is 976 g/mol. The molecule has 77 heavy (non-hydrogen) atoms. The number of para-hydroxylation sites is 5. The lowest BCUT2D eigenvalue weighted by Crippen LogP contribution is -2.33. The highest BCUT2D eigenvalue weighted by atomic mass is 16.3. The van der Waals surface area contributed by atoms with E-state index in [1.54, 1.807) is 0 Å². The fraction of sp³-hybridized carbons (Fsp3) is 0.0270. The Kier molecular flexibility index (Phi) is 8.00. The molecule has 3 nitrogen and oxygen atoms in total. The molecular formula is C74H44N2O. The molecule has 0 N–H and O–H groups in total. The van der Waals surface area contributed by atoms with Gasteiger partial charge < -0.3 is 13.9 Å². The van der Waals surface area contributed by atoms with Crippen LogP contribution in [0.2, 0.25) is 0 Å². The van der Waals surface area contributed by atoms with Crippen molar-refractivity contribution in [3.05, 3.63) is 311 Å². The summed E-state index contributed by atoms with van der Waals surface area (Å²) in [4.78, 5) is 2.54. The zero-order valence-electron chi connectivity index (χ0n) is 41.7. The number of nitrogens with zero attached hydrogens (tertiary/aromatic N) is 2. The quantitative estimate of drug-likeness (QED) is 0.175. The molecule has 2 spiro atoms. The number of fused-ring (bicyclic) bond motifs is 25. The molecule has 2 aromatic heterocycles. The molecule has 0 radical (unpaired) electrons. The Labute approximate surface area is 444 Å². The van der Waals surface area contributed by atoms with E-state index in [9.17, 15) is 0 Å². The van der Waals surface area contributed by atoms with Crippen LogP contribution in [0.1, 0.15) is 44.5 Å². The Bertz CT molecular complexity index is 4850. The van der Waals surface area contributed by atoms with E-state index in [0.717, 1.165) is 50.1 Å². The largest absolute Gasteiger partial charge is 0.455 e. The van der Waals surface area contributed by atoms with Crippen molar-refractivity contribution in [2.45, 2.75) is 10.8 Å². The van der Waals surface area contributed by atoms with Gasteiger partial charge in [-0.3, -0.25) is 0 Å². The molecule has 0 bridgehead atoms. The summed E-state index contributed by atoms with van der Waals surface area (Å²) in [6, 6.07) is 100. The van der Waals surface area contributed by atoms with Gasteiger partial charge in [0.25, 0.3) is 0 Å². The molecule has 0 saturated heterocycles. The molecule has 0 saturated carbocycles. The number of benzene rings is 12. The lowest BCUT2D eigenvalue weighted by molar-refractivity contribution is 0.670. The summed E-state index contributed by atoms with van der Waals surface area (Å²) in [5.41, 5.74) is 28.1. The smallest absolute Gasteiger partial charge is 0.143 e. The van der Waals surface area contributed by atoms with Crippen molar-refractivity contribution in [3.63, 3.8) is 0 Å². The maximum Gasteiger partial charge on any atom is 0.143 e. The van der Waals surface area contributed by atoms with Crippen LogP contribution >= 0.6 is 0 Å². The fourth-order valence-electron chi connectivity index (χ4n) is 15.2. The van der Waals surface area contributed by atoms with Gasteiger partial charge in [0.2, 0.25) is 0 Å². The van der Waals surface area contributed by atoms with Crippen molar-refractivity contribution in [3.8, 4) is 50.2 Å². The van der Waals surface area contributed by atoms with Crippen LogP contribution in [-0.2, 0) is 10.8 Å². The number of aromatic nitrogens is 1. The molecule has 356 valence electrons. The fourth-order valence-corrected chi connectivity index (χ4v) is 15.2. The van der Waals surface area contributed by atoms with Crippen LogP contribution in [0.4, 0.5) is 17.1 Å². The number of anilines is 3. The molecular weight excluding hydrogens is 933 g/mol. The zero-order chi connectivity index (χ0) is 50.1.